The van der Waals surface area contributed by atoms with Crippen LogP contribution in [0.3, 0.4) is 0 Å². The van der Waals surface area contributed by atoms with Crippen LogP contribution in [0.5, 0.6) is 0 Å². The van der Waals surface area contributed by atoms with Crippen LogP contribution < -0.4 is 9.13 Å². The Labute approximate surface area is 158 Å². The average molecular weight is 364 g/mol. The van der Waals surface area contributed by atoms with Gasteiger partial charge in [-0.1, -0.05) is 13.8 Å². The van der Waals surface area contributed by atoms with Gasteiger partial charge in [-0.2, -0.15) is 0 Å². The fourth-order valence-electron chi connectivity index (χ4n) is 3.74. The lowest BCUT2D eigenvalue weighted by Gasteiger charge is -2.19. The molecule has 1 aliphatic carbocycles. The molecule has 2 N–H and O–H groups in total. The van der Waals surface area contributed by atoms with Crippen LogP contribution in [0.15, 0.2) is 49.1 Å². The van der Waals surface area contributed by atoms with E-state index in [1.165, 1.54) is 5.56 Å². The Morgan fingerprint density at radius 1 is 0.889 bits per heavy atom. The van der Waals surface area contributed by atoms with Crippen molar-refractivity contribution in [2.75, 3.05) is 13.2 Å². The van der Waals surface area contributed by atoms with Gasteiger partial charge in [-0.25, -0.2) is 9.13 Å². The van der Waals surface area contributed by atoms with Crippen LogP contribution in [0.25, 0.3) is 22.5 Å². The zero-order valence-corrected chi connectivity index (χ0v) is 15.6. The van der Waals surface area contributed by atoms with Gasteiger partial charge in [0.25, 0.3) is 0 Å². The minimum atomic E-state index is -0.181. The first kappa shape index (κ1) is 17.7. The van der Waals surface area contributed by atoms with Crippen molar-refractivity contribution in [2.24, 2.45) is 0 Å². The number of nitrogens with zero attached hydrogens (tertiary/aromatic N) is 4. The zero-order valence-electron chi connectivity index (χ0n) is 15.6. The van der Waals surface area contributed by atoms with Gasteiger partial charge in [0.15, 0.2) is 37.9 Å². The topological polar surface area (TPSA) is 74.0 Å². The molecule has 6 nitrogen and oxygen atoms in total. The van der Waals surface area contributed by atoms with Crippen molar-refractivity contribution in [1.29, 1.82) is 0 Å². The van der Waals surface area contributed by atoms with Crippen LogP contribution in [0.4, 0.5) is 0 Å². The van der Waals surface area contributed by atoms with Gasteiger partial charge in [0.2, 0.25) is 0 Å². The van der Waals surface area contributed by atoms with Crippen LogP contribution >= 0.6 is 0 Å². The maximum atomic E-state index is 9.23. The first-order valence-corrected chi connectivity index (χ1v) is 9.18. The van der Waals surface area contributed by atoms with E-state index in [0.29, 0.717) is 13.1 Å². The molecule has 0 aliphatic heterocycles. The lowest BCUT2D eigenvalue weighted by atomic mass is 9.83. The molecule has 4 rings (SSSR count). The zero-order chi connectivity index (χ0) is 19.0. The molecule has 0 radical (unpaired) electrons. The molecule has 6 heteroatoms. The third-order valence-electron chi connectivity index (χ3n) is 5.32. The summed E-state index contributed by atoms with van der Waals surface area (Å²) < 4.78 is 3.95. The van der Waals surface area contributed by atoms with Crippen molar-refractivity contribution in [3.63, 3.8) is 0 Å². The van der Waals surface area contributed by atoms with Crippen molar-refractivity contribution in [3.05, 3.63) is 60.2 Å². The summed E-state index contributed by atoms with van der Waals surface area (Å²) >= 11 is 0. The third kappa shape index (κ3) is 3.01. The first-order valence-electron chi connectivity index (χ1n) is 9.18. The maximum Gasteiger partial charge on any atom is 0.173 e. The molecule has 3 heterocycles. The van der Waals surface area contributed by atoms with E-state index in [-0.39, 0.29) is 18.6 Å². The Bertz CT molecular complexity index is 984. The van der Waals surface area contributed by atoms with Gasteiger partial charge in [-0.3, -0.25) is 0 Å². The lowest BCUT2D eigenvalue weighted by Crippen LogP contribution is -2.36. The van der Waals surface area contributed by atoms with Gasteiger partial charge >= 0.3 is 0 Å². The van der Waals surface area contributed by atoms with Crippen molar-refractivity contribution >= 4 is 0 Å². The molecule has 0 fully saturated rings. The van der Waals surface area contributed by atoms with Gasteiger partial charge < -0.3 is 10.2 Å². The predicted octanol–water partition coefficient (Wildman–Crippen LogP) is 1.01. The van der Waals surface area contributed by atoms with Crippen molar-refractivity contribution in [2.45, 2.75) is 32.4 Å². The molecule has 3 aromatic rings. The monoisotopic (exact) mass is 364 g/mol. The summed E-state index contributed by atoms with van der Waals surface area (Å²) in [5.41, 5.74) is 6.07. The number of pyridine rings is 2. The number of hydrogen-bond acceptors (Lipinski definition) is 4. The van der Waals surface area contributed by atoms with Crippen LogP contribution in [0.1, 0.15) is 25.0 Å². The molecule has 27 heavy (non-hydrogen) atoms. The summed E-state index contributed by atoms with van der Waals surface area (Å²) in [5, 5.41) is 27.3. The van der Waals surface area contributed by atoms with E-state index >= 15 is 0 Å². The quantitative estimate of drug-likeness (QED) is 0.663. The molecular weight excluding hydrogens is 340 g/mol. The van der Waals surface area contributed by atoms with Crippen LogP contribution in [-0.4, -0.2) is 33.6 Å². The predicted molar refractivity (Wildman–Crippen MR) is 99.6 cm³/mol. The Hall–Kier alpha value is -2.70. The Kier molecular flexibility index (Phi) is 4.45. The molecule has 3 aromatic heterocycles. The first-order chi connectivity index (χ1) is 13.0. The number of fused-ring (bicyclic) bond motifs is 3. The highest BCUT2D eigenvalue weighted by atomic mass is 16.3. The molecule has 0 bridgehead atoms. The van der Waals surface area contributed by atoms with Crippen LogP contribution in [0, 0.1) is 0 Å². The fourth-order valence-corrected chi connectivity index (χ4v) is 3.74. The molecule has 0 saturated carbocycles. The molecule has 1 aliphatic rings. The van der Waals surface area contributed by atoms with E-state index in [1.54, 1.807) is 0 Å². The minimum absolute atomic E-state index is 0.116. The van der Waals surface area contributed by atoms with E-state index in [0.717, 1.165) is 28.1 Å². The minimum Gasteiger partial charge on any atom is -0.390 e. The summed E-state index contributed by atoms with van der Waals surface area (Å²) in [4.78, 5) is 0. The van der Waals surface area contributed by atoms with Gasteiger partial charge in [0.05, 0.1) is 11.4 Å². The number of aliphatic hydroxyl groups excluding tert-OH is 2. The van der Waals surface area contributed by atoms with E-state index in [9.17, 15) is 5.11 Å². The average Bonchev–Trinajstić information content (AvgIpc) is 2.90. The van der Waals surface area contributed by atoms with Gasteiger partial charge in [0, 0.05) is 40.3 Å². The third-order valence-corrected chi connectivity index (χ3v) is 5.32. The van der Waals surface area contributed by atoms with Crippen LogP contribution in [0.2, 0.25) is 0 Å². The number of aliphatic hydroxyl groups is 2. The normalized spacial score (nSPS) is 14.1. The van der Waals surface area contributed by atoms with E-state index in [1.807, 2.05) is 39.9 Å². The Balaban J connectivity index is 1.75. The molecule has 0 aromatic carbocycles. The number of rotatable bonds is 5. The smallest absolute Gasteiger partial charge is 0.173 e. The largest absolute Gasteiger partial charge is 0.390 e. The number of hydrogen-bond donors (Lipinski definition) is 2. The second kappa shape index (κ2) is 6.79. The molecule has 0 unspecified atom stereocenters. The molecule has 138 valence electrons. The van der Waals surface area contributed by atoms with E-state index in [4.69, 9.17) is 5.11 Å². The second-order valence-electron chi connectivity index (χ2n) is 7.40. The fraction of sp³-hybridized carbons (Fsp3) is 0.333. The summed E-state index contributed by atoms with van der Waals surface area (Å²) in [6.07, 6.45) is 7.97. The van der Waals surface area contributed by atoms with Crippen molar-refractivity contribution < 1.29 is 19.3 Å². The molecule has 0 amide bonds. The van der Waals surface area contributed by atoms with Crippen molar-refractivity contribution in [3.8, 4) is 22.5 Å². The highest BCUT2D eigenvalue weighted by molar-refractivity contribution is 5.78. The number of aromatic nitrogens is 4. The lowest BCUT2D eigenvalue weighted by molar-refractivity contribution is -0.698. The SMILES string of the molecule is CC1(C)c2c[n+](CCO)ccc2-c2nnc(-c3cc[n+](CCO)cc3)cc21. The maximum absolute atomic E-state index is 9.23. The highest BCUT2D eigenvalue weighted by Gasteiger charge is 2.39. The molecule has 0 saturated heterocycles. The molecule has 0 spiro atoms. The summed E-state index contributed by atoms with van der Waals surface area (Å²) in [5.74, 6) is 0. The van der Waals surface area contributed by atoms with E-state index in [2.05, 4.69) is 42.4 Å². The highest BCUT2D eigenvalue weighted by Crippen LogP contribution is 2.47. The molecule has 0 atom stereocenters. The van der Waals surface area contributed by atoms with Gasteiger partial charge in [0.1, 0.15) is 13.2 Å². The summed E-state index contributed by atoms with van der Waals surface area (Å²) in [7, 11) is 0. The van der Waals surface area contributed by atoms with E-state index < -0.39 is 0 Å². The second-order valence-corrected chi connectivity index (χ2v) is 7.40. The Morgan fingerprint density at radius 2 is 1.56 bits per heavy atom. The van der Waals surface area contributed by atoms with Gasteiger partial charge in [-0.05, 0) is 11.6 Å². The summed E-state index contributed by atoms with van der Waals surface area (Å²) in [6, 6.07) is 8.18. The Morgan fingerprint density at radius 3 is 2.26 bits per heavy atom. The van der Waals surface area contributed by atoms with Crippen molar-refractivity contribution in [1.82, 2.24) is 10.2 Å². The van der Waals surface area contributed by atoms with Gasteiger partial charge in [-0.15, -0.1) is 10.2 Å². The van der Waals surface area contributed by atoms with Crippen LogP contribution in [-0.2, 0) is 18.5 Å². The molecular formula is C21H24N4O2+2. The summed E-state index contributed by atoms with van der Waals surface area (Å²) in [6.45, 7) is 5.79. The standard InChI is InChI=1S/C21H24N4O2/c1-21(2)17-13-19(15-3-6-24(7-4-15)9-11-26)22-23-20(17)16-5-8-25(10-12-27)14-18(16)21/h3-8,13-14,26-27H,9-12H2,1-2H3/q+2.